The zero-order chi connectivity index (χ0) is 33.9. The van der Waals surface area contributed by atoms with Crippen LogP contribution in [0.5, 0.6) is 11.5 Å². The molecule has 2 aromatic carbocycles. The van der Waals surface area contributed by atoms with Crippen LogP contribution in [0.25, 0.3) is 0 Å². The van der Waals surface area contributed by atoms with E-state index in [1.165, 1.54) is 35.5 Å². The Morgan fingerprint density at radius 3 is 1.66 bits per heavy atom. The lowest BCUT2D eigenvalue weighted by molar-refractivity contribution is -0.126. The van der Waals surface area contributed by atoms with E-state index in [9.17, 15) is 24.0 Å². The molecule has 246 valence electrons. The van der Waals surface area contributed by atoms with Crippen LogP contribution in [0.15, 0.2) is 60.7 Å². The van der Waals surface area contributed by atoms with Gasteiger partial charge in [-0.15, -0.1) is 0 Å². The molecule has 0 radical (unpaired) electrons. The molecule has 16 nitrogen and oxygen atoms in total. The van der Waals surface area contributed by atoms with Crippen molar-refractivity contribution in [1.82, 2.24) is 30.2 Å². The maximum atomic E-state index is 13.5. The molecule has 0 spiro atoms. The number of rotatable bonds is 14. The fourth-order valence-corrected chi connectivity index (χ4v) is 4.21. The molecule has 0 atom stereocenters. The number of nitrogens with zero attached hydrogens (tertiary/aromatic N) is 4. The molecule has 0 fully saturated rings. The molecule has 0 aliphatic carbocycles. The minimum atomic E-state index is -0.688. The fraction of sp³-hybridized carbons (Fsp3) is 0.258. The Hall–Kier alpha value is -6.19. The molecule has 16 heteroatoms. The van der Waals surface area contributed by atoms with Crippen molar-refractivity contribution in [3.8, 4) is 11.5 Å². The number of nitrogens with one attached hydrogen (secondary N) is 4. The molecule has 47 heavy (non-hydrogen) atoms. The highest BCUT2D eigenvalue weighted by molar-refractivity contribution is 6.04. The van der Waals surface area contributed by atoms with Crippen molar-refractivity contribution in [3.05, 3.63) is 83.2 Å². The van der Waals surface area contributed by atoms with Gasteiger partial charge in [0.15, 0.2) is 11.4 Å². The number of carbonyl (C=O) groups is 5. The Morgan fingerprint density at radius 1 is 0.660 bits per heavy atom. The molecule has 4 rings (SSSR count). The van der Waals surface area contributed by atoms with Gasteiger partial charge in [-0.3, -0.25) is 19.2 Å². The smallest absolute Gasteiger partial charge is 0.358 e. The number of ether oxygens (including phenoxy) is 3. The minimum Gasteiger partial charge on any atom is -0.497 e. The van der Waals surface area contributed by atoms with Crippen LogP contribution >= 0.6 is 0 Å². The molecule has 0 aliphatic rings. The quantitative estimate of drug-likeness (QED) is 0.145. The first-order valence-electron chi connectivity index (χ1n) is 14.2. The van der Waals surface area contributed by atoms with Crippen molar-refractivity contribution in [2.24, 2.45) is 0 Å². The Labute approximate surface area is 269 Å². The van der Waals surface area contributed by atoms with Crippen molar-refractivity contribution in [1.29, 1.82) is 0 Å². The molecule has 2 heterocycles. The van der Waals surface area contributed by atoms with E-state index >= 15 is 0 Å². The number of methoxy groups -OCH3 is 3. The maximum Gasteiger partial charge on any atom is 0.358 e. The van der Waals surface area contributed by atoms with Crippen LogP contribution in [0.4, 0.5) is 11.6 Å². The van der Waals surface area contributed by atoms with Crippen LogP contribution in [0.1, 0.15) is 39.0 Å². The van der Waals surface area contributed by atoms with E-state index in [1.54, 1.807) is 50.6 Å². The summed E-state index contributed by atoms with van der Waals surface area (Å²) in [6.07, 6.45) is 0. The highest BCUT2D eigenvalue weighted by Crippen LogP contribution is 2.20. The van der Waals surface area contributed by atoms with Gasteiger partial charge in [-0.1, -0.05) is 24.3 Å². The lowest BCUT2D eigenvalue weighted by Gasteiger charge is -2.10. The first-order valence-corrected chi connectivity index (χ1v) is 14.2. The van der Waals surface area contributed by atoms with Gasteiger partial charge in [0.1, 0.15) is 23.1 Å². The summed E-state index contributed by atoms with van der Waals surface area (Å²) in [7, 11) is 4.33. The van der Waals surface area contributed by atoms with E-state index in [0.29, 0.717) is 11.5 Å². The number of carbonyl (C=O) groups excluding carboxylic acids is 5. The molecule has 0 saturated carbocycles. The monoisotopic (exact) mass is 646 g/mol. The van der Waals surface area contributed by atoms with E-state index in [1.807, 2.05) is 12.1 Å². The van der Waals surface area contributed by atoms with Crippen LogP contribution in [0.3, 0.4) is 0 Å². The van der Waals surface area contributed by atoms with E-state index in [4.69, 9.17) is 14.2 Å². The second kappa shape index (κ2) is 15.7. The van der Waals surface area contributed by atoms with E-state index in [0.717, 1.165) is 11.1 Å². The van der Waals surface area contributed by atoms with Crippen LogP contribution in [-0.2, 0) is 32.2 Å². The summed E-state index contributed by atoms with van der Waals surface area (Å²) < 4.78 is 18.1. The third kappa shape index (κ3) is 9.40. The number of aromatic nitrogens is 4. The zero-order valence-electron chi connectivity index (χ0n) is 26.2. The van der Waals surface area contributed by atoms with Gasteiger partial charge in [0.2, 0.25) is 17.7 Å². The maximum absolute atomic E-state index is 13.5. The Bertz CT molecular complexity index is 1750. The Balaban J connectivity index is 1.57. The Morgan fingerprint density at radius 2 is 1.15 bits per heavy atom. The minimum absolute atomic E-state index is 0.0187. The number of esters is 1. The summed E-state index contributed by atoms with van der Waals surface area (Å²) in [5, 5.41) is 18.9. The van der Waals surface area contributed by atoms with Crippen molar-refractivity contribution in [3.63, 3.8) is 0 Å². The molecule has 4 aromatic rings. The molecule has 0 saturated heterocycles. The summed E-state index contributed by atoms with van der Waals surface area (Å²) in [6, 6.07) is 17.1. The number of benzene rings is 2. The van der Waals surface area contributed by atoms with Crippen LogP contribution in [-0.4, -0.2) is 83.6 Å². The number of hydrogen-bond acceptors (Lipinski definition) is 10. The number of anilines is 2. The van der Waals surface area contributed by atoms with Gasteiger partial charge in [0, 0.05) is 19.1 Å². The summed E-state index contributed by atoms with van der Waals surface area (Å²) in [5.74, 6) is -1.18. The number of hydrogen-bond donors (Lipinski definition) is 4. The largest absolute Gasteiger partial charge is 0.497 e. The van der Waals surface area contributed by atoms with Gasteiger partial charge in [0.05, 0.1) is 47.5 Å². The normalized spacial score (nSPS) is 10.5. The summed E-state index contributed by atoms with van der Waals surface area (Å²) >= 11 is 0. The first kappa shape index (κ1) is 33.7. The van der Waals surface area contributed by atoms with E-state index in [-0.39, 0.29) is 48.6 Å². The predicted octanol–water partition coefficient (Wildman–Crippen LogP) is 1.42. The van der Waals surface area contributed by atoms with Crippen LogP contribution in [0.2, 0.25) is 0 Å². The second-order valence-corrected chi connectivity index (χ2v) is 10.0. The summed E-state index contributed by atoms with van der Waals surface area (Å²) in [6.45, 7) is 0.967. The Kier molecular flexibility index (Phi) is 11.3. The van der Waals surface area contributed by atoms with Gasteiger partial charge in [-0.25, -0.2) is 14.2 Å². The molecule has 4 N–H and O–H groups in total. The lowest BCUT2D eigenvalue weighted by Crippen LogP contribution is -2.39. The van der Waals surface area contributed by atoms with Gasteiger partial charge in [-0.05, 0) is 35.4 Å². The number of amides is 4. The molecule has 4 amide bonds. The SMILES string of the molecule is COC(=O)c1cc(NC(=O)c2cc(NC(=O)CNC(=O)CNC(C)=O)n(Cc3ccc(OC)cc3)n2)n(Cc2ccc(OC)cc2)n1. The highest BCUT2D eigenvalue weighted by atomic mass is 16.5. The van der Waals surface area contributed by atoms with Crippen LogP contribution < -0.4 is 30.7 Å². The van der Waals surface area contributed by atoms with E-state index in [2.05, 4.69) is 31.5 Å². The average molecular weight is 647 g/mol. The topological polar surface area (TPSA) is 197 Å². The molecule has 0 unspecified atom stereocenters. The third-order valence-corrected chi connectivity index (χ3v) is 6.62. The zero-order valence-corrected chi connectivity index (χ0v) is 26.2. The standard InChI is InChI=1S/C31H34N8O8/c1-19(40)32-15-28(41)33-16-29(42)34-26-13-24(36-38(26)17-20-5-9-22(45-2)10-6-20)30(43)35-27-14-25(31(44)47-4)37-39(27)18-21-7-11-23(46-3)12-8-21/h5-14H,15-18H2,1-4H3,(H,32,40)(H,33,41)(H,34,42)(H,35,43). The third-order valence-electron chi connectivity index (χ3n) is 6.62. The van der Waals surface area contributed by atoms with E-state index < -0.39 is 30.2 Å². The first-order chi connectivity index (χ1) is 22.6. The van der Waals surface area contributed by atoms with Crippen LogP contribution in [0, 0.1) is 0 Å². The van der Waals surface area contributed by atoms with Gasteiger partial charge < -0.3 is 35.5 Å². The van der Waals surface area contributed by atoms with Gasteiger partial charge >= 0.3 is 5.97 Å². The van der Waals surface area contributed by atoms with Crippen molar-refractivity contribution >= 4 is 41.2 Å². The molecule has 0 bridgehead atoms. The van der Waals surface area contributed by atoms with Crippen molar-refractivity contribution < 1.29 is 38.2 Å². The molecular formula is C31H34N8O8. The molecule has 0 aliphatic heterocycles. The summed E-state index contributed by atoms with van der Waals surface area (Å²) in [4.78, 5) is 61.5. The predicted molar refractivity (Wildman–Crippen MR) is 168 cm³/mol. The van der Waals surface area contributed by atoms with Gasteiger partial charge in [-0.2, -0.15) is 10.2 Å². The molecule has 2 aromatic heterocycles. The average Bonchev–Trinajstić information content (AvgIpc) is 3.66. The van der Waals surface area contributed by atoms with Gasteiger partial charge in [0.25, 0.3) is 5.91 Å². The fourth-order valence-electron chi connectivity index (χ4n) is 4.21. The van der Waals surface area contributed by atoms with Crippen molar-refractivity contribution in [2.45, 2.75) is 20.0 Å². The van der Waals surface area contributed by atoms with Crippen molar-refractivity contribution in [2.75, 3.05) is 45.1 Å². The highest BCUT2D eigenvalue weighted by Gasteiger charge is 2.21. The summed E-state index contributed by atoms with van der Waals surface area (Å²) in [5.41, 5.74) is 1.54. The second-order valence-electron chi connectivity index (χ2n) is 10.0. The molecular weight excluding hydrogens is 612 g/mol. The lowest BCUT2D eigenvalue weighted by atomic mass is 10.2.